The highest BCUT2D eigenvalue weighted by atomic mass is 15.1. The van der Waals surface area contributed by atoms with Crippen molar-refractivity contribution in [3.8, 4) is 0 Å². The van der Waals surface area contributed by atoms with Gasteiger partial charge in [-0.2, -0.15) is 0 Å². The molecule has 5 aromatic carbocycles. The van der Waals surface area contributed by atoms with E-state index in [2.05, 4.69) is 135 Å². The van der Waals surface area contributed by atoms with Crippen LogP contribution in [0, 0.1) is 0 Å². The minimum atomic E-state index is -0.104. The summed E-state index contributed by atoms with van der Waals surface area (Å²) in [5, 5.41) is 5.56. The minimum Gasteiger partial charge on any atom is -0.372 e. The Bertz CT molecular complexity index is 1990. The summed E-state index contributed by atoms with van der Waals surface area (Å²) < 4.78 is 0. The number of benzene rings is 5. The van der Waals surface area contributed by atoms with Gasteiger partial charge in [-0.05, 0) is 141 Å². The van der Waals surface area contributed by atoms with Gasteiger partial charge in [-0.25, -0.2) is 0 Å². The quantitative estimate of drug-likeness (QED) is 0.183. The van der Waals surface area contributed by atoms with Crippen molar-refractivity contribution >= 4 is 56.2 Å². The van der Waals surface area contributed by atoms with Gasteiger partial charge in [0.15, 0.2) is 0 Å². The lowest BCUT2D eigenvalue weighted by molar-refractivity contribution is 0.578. The Morgan fingerprint density at radius 1 is 0.438 bits per heavy atom. The summed E-state index contributed by atoms with van der Waals surface area (Å²) in [6.07, 6.45) is 12.8. The molecule has 2 fully saturated rings. The van der Waals surface area contributed by atoms with Gasteiger partial charge < -0.3 is 9.80 Å². The van der Waals surface area contributed by atoms with Crippen LogP contribution in [-0.2, 0) is 10.8 Å². The van der Waals surface area contributed by atoms with Gasteiger partial charge in [0.05, 0.1) is 0 Å². The van der Waals surface area contributed by atoms with E-state index in [0.717, 1.165) is 26.2 Å². The van der Waals surface area contributed by atoms with E-state index in [1.165, 1.54) is 116 Å². The second-order valence-electron chi connectivity index (χ2n) is 15.8. The molecule has 0 bridgehead atoms. The van der Waals surface area contributed by atoms with E-state index in [1.54, 1.807) is 0 Å². The molecule has 2 aliphatic heterocycles. The maximum Gasteiger partial charge on any atom is 0.0372 e. The average Bonchev–Trinajstić information content (AvgIpc) is 3.55. The molecule has 2 aliphatic carbocycles. The fourth-order valence-corrected chi connectivity index (χ4v) is 9.60. The van der Waals surface area contributed by atoms with Crippen LogP contribution in [0.2, 0.25) is 0 Å². The van der Waals surface area contributed by atoms with E-state index in [9.17, 15) is 0 Å². The van der Waals surface area contributed by atoms with Gasteiger partial charge in [-0.15, -0.1) is 0 Å². The molecule has 2 nitrogen and oxygen atoms in total. The highest BCUT2D eigenvalue weighted by molar-refractivity contribution is 6.21. The molecule has 0 N–H and O–H groups in total. The Morgan fingerprint density at radius 2 is 0.833 bits per heavy atom. The molecule has 0 aromatic heterocycles. The zero-order valence-electron chi connectivity index (χ0n) is 29.2. The SMILES string of the molecule is CC1(C)C(c2c3ccc(N4CCCCC4)cc3c(C3=Cc4ccccc4C3(C)C)c3ccc(N4CCCCC4)cc23)=Cc2ccccc21. The molecule has 242 valence electrons. The molecule has 2 heteroatoms. The van der Waals surface area contributed by atoms with Gasteiger partial charge in [-0.1, -0.05) is 88.4 Å². The van der Waals surface area contributed by atoms with E-state index < -0.39 is 0 Å². The third-order valence-corrected chi connectivity index (χ3v) is 12.3. The summed E-state index contributed by atoms with van der Waals surface area (Å²) in [6.45, 7) is 14.3. The van der Waals surface area contributed by atoms with Crippen molar-refractivity contribution in [2.75, 3.05) is 36.0 Å². The van der Waals surface area contributed by atoms with E-state index in [0.29, 0.717) is 0 Å². The number of hydrogen-bond acceptors (Lipinski definition) is 2. The lowest BCUT2D eigenvalue weighted by Crippen LogP contribution is -2.29. The molecule has 0 unspecified atom stereocenters. The molecule has 0 atom stereocenters. The third-order valence-electron chi connectivity index (χ3n) is 12.3. The van der Waals surface area contributed by atoms with Crippen molar-refractivity contribution < 1.29 is 0 Å². The summed E-state index contributed by atoms with van der Waals surface area (Å²) >= 11 is 0. The van der Waals surface area contributed by atoms with E-state index >= 15 is 0 Å². The zero-order valence-corrected chi connectivity index (χ0v) is 29.2. The number of nitrogens with zero attached hydrogens (tertiary/aromatic N) is 2. The molecule has 2 saturated heterocycles. The number of hydrogen-bond donors (Lipinski definition) is 0. The van der Waals surface area contributed by atoms with Gasteiger partial charge in [0.2, 0.25) is 0 Å². The monoisotopic (exact) mass is 628 g/mol. The predicted octanol–water partition coefficient (Wildman–Crippen LogP) is 11.6. The van der Waals surface area contributed by atoms with Crippen molar-refractivity contribution in [2.24, 2.45) is 0 Å². The van der Waals surface area contributed by atoms with Crippen LogP contribution >= 0.6 is 0 Å². The van der Waals surface area contributed by atoms with E-state index in [-0.39, 0.29) is 10.8 Å². The normalized spacial score (nSPS) is 19.8. The van der Waals surface area contributed by atoms with Crippen LogP contribution in [0.3, 0.4) is 0 Å². The van der Waals surface area contributed by atoms with E-state index in [4.69, 9.17) is 0 Å². The first kappa shape index (κ1) is 29.8. The van der Waals surface area contributed by atoms with Gasteiger partial charge in [0.25, 0.3) is 0 Å². The molecule has 48 heavy (non-hydrogen) atoms. The van der Waals surface area contributed by atoms with Crippen molar-refractivity contribution in [2.45, 2.75) is 77.0 Å². The maximum atomic E-state index is 2.63. The molecule has 9 rings (SSSR count). The molecule has 0 radical (unpaired) electrons. The van der Waals surface area contributed by atoms with Crippen LogP contribution in [0.1, 0.15) is 99.6 Å². The molecular weight excluding hydrogens is 581 g/mol. The van der Waals surface area contributed by atoms with Gasteiger partial charge in [0.1, 0.15) is 0 Å². The second-order valence-corrected chi connectivity index (χ2v) is 15.8. The molecule has 5 aromatic rings. The molecule has 0 saturated carbocycles. The number of fused-ring (bicyclic) bond motifs is 4. The first-order valence-electron chi connectivity index (χ1n) is 18.5. The second kappa shape index (κ2) is 11.1. The largest absolute Gasteiger partial charge is 0.372 e. The Kier molecular flexibility index (Phi) is 6.91. The van der Waals surface area contributed by atoms with Crippen LogP contribution in [-0.4, -0.2) is 26.2 Å². The predicted molar refractivity (Wildman–Crippen MR) is 208 cm³/mol. The van der Waals surface area contributed by atoms with Crippen molar-refractivity contribution in [3.63, 3.8) is 0 Å². The fourth-order valence-electron chi connectivity index (χ4n) is 9.60. The summed E-state index contributed by atoms with van der Waals surface area (Å²) in [5.41, 5.74) is 13.8. The van der Waals surface area contributed by atoms with Crippen molar-refractivity contribution in [1.82, 2.24) is 0 Å². The minimum absolute atomic E-state index is 0.104. The number of rotatable bonds is 4. The summed E-state index contributed by atoms with van der Waals surface area (Å²) in [5.74, 6) is 0. The average molecular weight is 629 g/mol. The van der Waals surface area contributed by atoms with Crippen LogP contribution in [0.5, 0.6) is 0 Å². The van der Waals surface area contributed by atoms with Gasteiger partial charge in [0, 0.05) is 48.4 Å². The van der Waals surface area contributed by atoms with Crippen LogP contribution in [0.25, 0.3) is 44.8 Å². The van der Waals surface area contributed by atoms with Gasteiger partial charge >= 0.3 is 0 Å². The number of anilines is 2. The zero-order chi connectivity index (χ0) is 32.6. The highest BCUT2D eigenvalue weighted by Crippen LogP contribution is 2.55. The lowest BCUT2D eigenvalue weighted by atomic mass is 9.72. The first-order valence-corrected chi connectivity index (χ1v) is 18.5. The summed E-state index contributed by atoms with van der Waals surface area (Å²) in [7, 11) is 0. The molecule has 0 amide bonds. The number of piperidine rings is 2. The fraction of sp³-hybridized carbons (Fsp3) is 0.348. The summed E-state index contributed by atoms with van der Waals surface area (Å²) in [4.78, 5) is 5.27. The van der Waals surface area contributed by atoms with Crippen LogP contribution in [0.4, 0.5) is 11.4 Å². The van der Waals surface area contributed by atoms with Crippen LogP contribution in [0.15, 0.2) is 84.9 Å². The lowest BCUT2D eigenvalue weighted by Gasteiger charge is -2.33. The third kappa shape index (κ3) is 4.51. The Labute approximate surface area is 286 Å². The summed E-state index contributed by atoms with van der Waals surface area (Å²) in [6, 6.07) is 33.1. The number of allylic oxidation sites excluding steroid dienone is 2. The van der Waals surface area contributed by atoms with E-state index in [1.807, 2.05) is 0 Å². The molecule has 0 spiro atoms. The smallest absolute Gasteiger partial charge is 0.0372 e. The maximum absolute atomic E-state index is 2.63. The Balaban J connectivity index is 1.39. The topological polar surface area (TPSA) is 6.48 Å². The van der Waals surface area contributed by atoms with Crippen molar-refractivity contribution in [1.29, 1.82) is 0 Å². The molecule has 4 aliphatic rings. The first-order chi connectivity index (χ1) is 23.3. The van der Waals surface area contributed by atoms with Gasteiger partial charge in [-0.3, -0.25) is 0 Å². The molecule has 2 heterocycles. The standard InChI is InChI=1S/C46H48N2/c1-45(2)39-17-9-7-15-31(39)27-41(45)43-35-21-19-34(48-25-13-6-14-26-48)30-38(35)44(42-28-32-16-8-10-18-40(32)46(42,3)4)36-22-20-33(29-37(36)43)47-23-11-5-12-24-47/h7-10,15-22,27-30H,5-6,11-14,23-26H2,1-4H3. The van der Waals surface area contributed by atoms with Crippen molar-refractivity contribution in [3.05, 3.63) is 118 Å². The Morgan fingerprint density at radius 3 is 1.23 bits per heavy atom. The molecular formula is C46H48N2. The Hall–Kier alpha value is -4.30. The van der Waals surface area contributed by atoms with Crippen LogP contribution < -0.4 is 9.80 Å². The highest BCUT2D eigenvalue weighted by Gasteiger charge is 2.38.